The van der Waals surface area contributed by atoms with E-state index in [1.165, 1.54) is 0 Å². The first kappa shape index (κ1) is 21.5. The van der Waals surface area contributed by atoms with Crippen LogP contribution in [0.5, 0.6) is 0 Å². The average Bonchev–Trinajstić information content (AvgIpc) is 2.90. The number of carbonyl (C=O) groups is 1. The summed E-state index contributed by atoms with van der Waals surface area (Å²) >= 11 is 0. The van der Waals surface area contributed by atoms with Crippen LogP contribution in [0.4, 0.5) is 0 Å². The number of nitrogens with zero attached hydrogens (tertiary/aromatic N) is 4. The lowest BCUT2D eigenvalue weighted by atomic mass is 9.92. The number of aromatic nitrogens is 3. The Hall–Kier alpha value is -3.20. The topological polar surface area (TPSA) is 80.7 Å². The number of ketones is 1. The molecule has 6 nitrogen and oxygen atoms in total. The standard InChI is InChI=1S/C24H28N4O2/c1-15(11-16(2)29)17-7-8-18(13-25)19(12-17)20-9-10-21-22(26-20)27(6)23(30)28(21)14-24(3,4)5/h7-10,12,15H,11,14H2,1-6H3/t15-/m0/s1. The molecule has 0 unspecified atom stereocenters. The summed E-state index contributed by atoms with van der Waals surface area (Å²) in [6.07, 6.45) is 0.446. The number of pyridine rings is 1. The van der Waals surface area contributed by atoms with Gasteiger partial charge in [-0.1, -0.05) is 33.8 Å². The summed E-state index contributed by atoms with van der Waals surface area (Å²) < 4.78 is 3.31. The fraction of sp³-hybridized carbons (Fsp3) is 0.417. The molecular weight excluding hydrogens is 376 g/mol. The van der Waals surface area contributed by atoms with Gasteiger partial charge in [0.15, 0.2) is 5.65 Å². The number of hydrogen-bond acceptors (Lipinski definition) is 4. The first-order valence-corrected chi connectivity index (χ1v) is 10.1. The van der Waals surface area contributed by atoms with Crippen LogP contribution in [0.15, 0.2) is 35.1 Å². The minimum Gasteiger partial charge on any atom is -0.300 e. The highest BCUT2D eigenvalue weighted by Crippen LogP contribution is 2.29. The van der Waals surface area contributed by atoms with E-state index in [1.807, 2.05) is 31.2 Å². The molecule has 0 saturated heterocycles. The molecule has 0 radical (unpaired) electrons. The summed E-state index contributed by atoms with van der Waals surface area (Å²) in [6, 6.07) is 11.6. The molecule has 0 bridgehead atoms. The number of imidazole rings is 1. The van der Waals surface area contributed by atoms with Gasteiger partial charge in [0.1, 0.15) is 5.78 Å². The highest BCUT2D eigenvalue weighted by molar-refractivity contribution is 5.79. The van der Waals surface area contributed by atoms with Crippen molar-refractivity contribution in [2.45, 2.75) is 53.5 Å². The molecule has 0 saturated carbocycles. The maximum Gasteiger partial charge on any atom is 0.330 e. The fourth-order valence-electron chi connectivity index (χ4n) is 3.78. The van der Waals surface area contributed by atoms with Crippen molar-refractivity contribution in [2.24, 2.45) is 12.5 Å². The van der Waals surface area contributed by atoms with Crippen molar-refractivity contribution >= 4 is 16.9 Å². The van der Waals surface area contributed by atoms with Gasteiger partial charge in [0.2, 0.25) is 0 Å². The zero-order chi connectivity index (χ0) is 22.2. The molecule has 0 aliphatic rings. The predicted molar refractivity (Wildman–Crippen MR) is 118 cm³/mol. The zero-order valence-electron chi connectivity index (χ0n) is 18.5. The van der Waals surface area contributed by atoms with Crippen molar-refractivity contribution in [3.8, 4) is 17.3 Å². The van der Waals surface area contributed by atoms with Crippen LogP contribution in [0.1, 0.15) is 58.1 Å². The van der Waals surface area contributed by atoms with Crippen molar-refractivity contribution in [1.29, 1.82) is 5.26 Å². The van der Waals surface area contributed by atoms with E-state index >= 15 is 0 Å². The average molecular weight is 405 g/mol. The van der Waals surface area contributed by atoms with Gasteiger partial charge in [-0.05, 0) is 48.1 Å². The maximum atomic E-state index is 12.8. The van der Waals surface area contributed by atoms with E-state index in [2.05, 4.69) is 26.8 Å². The van der Waals surface area contributed by atoms with E-state index in [1.54, 1.807) is 29.2 Å². The van der Waals surface area contributed by atoms with Crippen LogP contribution in [0.2, 0.25) is 0 Å². The molecule has 1 atom stereocenters. The normalized spacial score (nSPS) is 12.7. The summed E-state index contributed by atoms with van der Waals surface area (Å²) in [5.74, 6) is 0.179. The van der Waals surface area contributed by atoms with E-state index in [0.717, 1.165) is 11.1 Å². The Morgan fingerprint density at radius 2 is 1.93 bits per heavy atom. The second-order valence-electron chi connectivity index (χ2n) is 9.25. The molecule has 3 aromatic rings. The summed E-state index contributed by atoms with van der Waals surface area (Å²) in [5, 5.41) is 9.61. The lowest BCUT2D eigenvalue weighted by Crippen LogP contribution is -2.27. The molecule has 3 rings (SSSR count). The highest BCUT2D eigenvalue weighted by atomic mass is 16.1. The molecule has 0 spiro atoms. The third kappa shape index (κ3) is 4.20. The van der Waals surface area contributed by atoms with E-state index in [4.69, 9.17) is 4.98 Å². The molecule has 6 heteroatoms. The highest BCUT2D eigenvalue weighted by Gasteiger charge is 2.20. The molecule has 1 aromatic carbocycles. The van der Waals surface area contributed by atoms with Crippen LogP contribution in [-0.4, -0.2) is 19.9 Å². The van der Waals surface area contributed by atoms with Crippen LogP contribution in [0.25, 0.3) is 22.4 Å². The van der Waals surface area contributed by atoms with Crippen LogP contribution >= 0.6 is 0 Å². The fourth-order valence-corrected chi connectivity index (χ4v) is 3.78. The van der Waals surface area contributed by atoms with E-state index in [0.29, 0.717) is 35.4 Å². The lowest BCUT2D eigenvalue weighted by Gasteiger charge is -2.18. The minimum absolute atomic E-state index is 0.0497. The van der Waals surface area contributed by atoms with Gasteiger partial charge in [0, 0.05) is 25.6 Å². The number of hydrogen-bond donors (Lipinski definition) is 0. The van der Waals surface area contributed by atoms with Crippen molar-refractivity contribution in [1.82, 2.24) is 14.1 Å². The Morgan fingerprint density at radius 1 is 1.23 bits per heavy atom. The number of carbonyl (C=O) groups excluding carboxylic acids is 1. The van der Waals surface area contributed by atoms with E-state index in [9.17, 15) is 14.9 Å². The van der Waals surface area contributed by atoms with Crippen LogP contribution in [0, 0.1) is 16.7 Å². The third-order valence-electron chi connectivity index (χ3n) is 5.22. The number of aryl methyl sites for hydroxylation is 1. The second-order valence-corrected chi connectivity index (χ2v) is 9.25. The van der Waals surface area contributed by atoms with Crippen molar-refractivity contribution in [2.75, 3.05) is 0 Å². The van der Waals surface area contributed by atoms with Crippen LogP contribution < -0.4 is 5.69 Å². The van der Waals surface area contributed by atoms with Crippen molar-refractivity contribution < 1.29 is 4.79 Å². The Bertz CT molecular complexity index is 1220. The first-order valence-electron chi connectivity index (χ1n) is 10.1. The Labute approximate surface area is 176 Å². The molecule has 2 aromatic heterocycles. The largest absolute Gasteiger partial charge is 0.330 e. The van der Waals surface area contributed by atoms with Gasteiger partial charge in [-0.3, -0.25) is 9.13 Å². The zero-order valence-corrected chi connectivity index (χ0v) is 18.5. The monoisotopic (exact) mass is 404 g/mol. The van der Waals surface area contributed by atoms with E-state index in [-0.39, 0.29) is 22.8 Å². The van der Waals surface area contributed by atoms with Gasteiger partial charge in [-0.2, -0.15) is 5.26 Å². The number of nitriles is 1. The molecule has 0 aliphatic heterocycles. The summed E-state index contributed by atoms with van der Waals surface area (Å²) in [4.78, 5) is 29.1. The van der Waals surface area contributed by atoms with Crippen molar-refractivity contribution in [3.05, 3.63) is 51.9 Å². The Morgan fingerprint density at radius 3 is 2.53 bits per heavy atom. The molecule has 0 amide bonds. The number of fused-ring (bicyclic) bond motifs is 1. The van der Waals surface area contributed by atoms with Gasteiger partial charge in [0.05, 0.1) is 22.8 Å². The summed E-state index contributed by atoms with van der Waals surface area (Å²) in [5.41, 5.74) is 4.07. The molecule has 0 aliphatic carbocycles. The predicted octanol–water partition coefficient (Wildman–Crippen LogP) is 4.40. The molecule has 156 valence electrons. The van der Waals surface area contributed by atoms with Gasteiger partial charge in [-0.15, -0.1) is 0 Å². The maximum absolute atomic E-state index is 12.8. The van der Waals surface area contributed by atoms with Gasteiger partial charge in [-0.25, -0.2) is 9.78 Å². The minimum atomic E-state index is -0.103. The molecule has 0 N–H and O–H groups in total. The number of Topliss-reactive ketones (excluding diaryl/α,β-unsaturated/α-hetero) is 1. The lowest BCUT2D eigenvalue weighted by molar-refractivity contribution is -0.117. The number of benzene rings is 1. The molecule has 0 fully saturated rings. The summed E-state index contributed by atoms with van der Waals surface area (Å²) in [6.45, 7) is 10.4. The second kappa shape index (κ2) is 7.91. The smallest absolute Gasteiger partial charge is 0.300 e. The Balaban J connectivity index is 2.16. The third-order valence-corrected chi connectivity index (χ3v) is 5.22. The Kier molecular flexibility index (Phi) is 5.67. The van der Waals surface area contributed by atoms with Crippen LogP contribution in [-0.2, 0) is 18.4 Å². The first-order chi connectivity index (χ1) is 14.0. The SMILES string of the molecule is CC(=O)C[C@H](C)c1ccc(C#N)c(-c2ccc3c(n2)n(C)c(=O)n3CC(C)(C)C)c1. The molecular formula is C24H28N4O2. The van der Waals surface area contributed by atoms with Crippen molar-refractivity contribution in [3.63, 3.8) is 0 Å². The van der Waals surface area contributed by atoms with Crippen LogP contribution in [0.3, 0.4) is 0 Å². The molecule has 2 heterocycles. The van der Waals surface area contributed by atoms with Gasteiger partial charge in [0.25, 0.3) is 0 Å². The quantitative estimate of drug-likeness (QED) is 0.631. The van der Waals surface area contributed by atoms with Gasteiger partial charge >= 0.3 is 5.69 Å². The summed E-state index contributed by atoms with van der Waals surface area (Å²) in [7, 11) is 1.72. The molecule has 30 heavy (non-hydrogen) atoms. The van der Waals surface area contributed by atoms with Gasteiger partial charge < -0.3 is 4.79 Å². The van der Waals surface area contributed by atoms with E-state index < -0.39 is 0 Å². The number of rotatable bonds is 5.